The molecule has 0 aliphatic heterocycles. The third kappa shape index (κ3) is 6.93. The highest BCUT2D eigenvalue weighted by Crippen LogP contribution is 2.24. The van der Waals surface area contributed by atoms with Crippen LogP contribution in [-0.2, 0) is 0 Å². The van der Waals surface area contributed by atoms with E-state index in [1.165, 1.54) is 44.2 Å². The SMILES string of the molecule is CCCCCCCCCC(O)c1cc(F)cc(Cl)c1. The molecule has 0 radical (unpaired) electrons. The van der Waals surface area contributed by atoms with Crippen molar-refractivity contribution in [3.05, 3.63) is 34.6 Å². The summed E-state index contributed by atoms with van der Waals surface area (Å²) in [5, 5.41) is 10.3. The van der Waals surface area contributed by atoms with E-state index in [9.17, 15) is 9.50 Å². The number of benzene rings is 1. The van der Waals surface area contributed by atoms with Crippen LogP contribution >= 0.6 is 11.6 Å². The van der Waals surface area contributed by atoms with Crippen molar-refractivity contribution in [2.75, 3.05) is 0 Å². The van der Waals surface area contributed by atoms with E-state index >= 15 is 0 Å². The second-order valence-electron chi connectivity index (χ2n) is 5.13. The Morgan fingerprint density at radius 1 is 1.05 bits per heavy atom. The molecule has 1 atom stereocenters. The Balaban J connectivity index is 2.22. The Hall–Kier alpha value is -0.600. The number of aliphatic hydroxyl groups is 1. The molecule has 108 valence electrons. The van der Waals surface area contributed by atoms with Crippen LogP contribution in [0, 0.1) is 5.82 Å². The average molecular weight is 287 g/mol. The standard InChI is InChI=1S/C16H24ClFO/c1-2-3-4-5-6-7-8-9-16(19)13-10-14(17)12-15(18)11-13/h10-12,16,19H,2-9H2,1H3. The van der Waals surface area contributed by atoms with Crippen LogP contribution in [-0.4, -0.2) is 5.11 Å². The lowest BCUT2D eigenvalue weighted by Crippen LogP contribution is -1.98. The summed E-state index contributed by atoms with van der Waals surface area (Å²) in [5.41, 5.74) is 0.580. The summed E-state index contributed by atoms with van der Waals surface area (Å²) < 4.78 is 13.2. The summed E-state index contributed by atoms with van der Waals surface area (Å²) in [4.78, 5) is 0. The quantitative estimate of drug-likeness (QED) is 0.581. The predicted octanol–water partition coefficient (Wildman–Crippen LogP) is 5.65. The largest absolute Gasteiger partial charge is 0.388 e. The molecule has 1 aromatic carbocycles. The first-order valence-electron chi connectivity index (χ1n) is 7.27. The molecule has 0 aliphatic rings. The van der Waals surface area contributed by atoms with E-state index in [-0.39, 0.29) is 5.82 Å². The summed E-state index contributed by atoms with van der Waals surface area (Å²) >= 11 is 5.78. The van der Waals surface area contributed by atoms with E-state index in [0.29, 0.717) is 17.0 Å². The molecule has 0 fully saturated rings. The summed E-state index contributed by atoms with van der Waals surface area (Å²) in [6.45, 7) is 2.21. The van der Waals surface area contributed by atoms with Crippen molar-refractivity contribution >= 4 is 11.6 Å². The van der Waals surface area contributed by atoms with Gasteiger partial charge in [0.05, 0.1) is 6.10 Å². The van der Waals surface area contributed by atoms with Crippen LogP contribution in [0.2, 0.25) is 5.02 Å². The van der Waals surface area contributed by atoms with Crippen molar-refractivity contribution in [3.8, 4) is 0 Å². The Morgan fingerprint density at radius 3 is 2.32 bits per heavy atom. The monoisotopic (exact) mass is 286 g/mol. The van der Waals surface area contributed by atoms with Gasteiger partial charge in [-0.3, -0.25) is 0 Å². The fraction of sp³-hybridized carbons (Fsp3) is 0.625. The van der Waals surface area contributed by atoms with Crippen molar-refractivity contribution in [1.82, 2.24) is 0 Å². The number of rotatable bonds is 9. The van der Waals surface area contributed by atoms with Crippen molar-refractivity contribution in [2.45, 2.75) is 64.4 Å². The topological polar surface area (TPSA) is 20.2 Å². The van der Waals surface area contributed by atoms with Gasteiger partial charge in [-0.2, -0.15) is 0 Å². The zero-order valence-electron chi connectivity index (χ0n) is 11.7. The van der Waals surface area contributed by atoms with Crippen molar-refractivity contribution in [3.63, 3.8) is 0 Å². The third-order valence-corrected chi connectivity index (χ3v) is 3.57. The molecule has 1 unspecified atom stereocenters. The predicted molar refractivity (Wildman–Crippen MR) is 79.0 cm³/mol. The third-order valence-electron chi connectivity index (χ3n) is 3.35. The van der Waals surface area contributed by atoms with Gasteiger partial charge in [-0.05, 0) is 30.2 Å². The van der Waals surface area contributed by atoms with Crippen LogP contribution in [0.15, 0.2) is 18.2 Å². The summed E-state index contributed by atoms with van der Waals surface area (Å²) in [7, 11) is 0. The second-order valence-corrected chi connectivity index (χ2v) is 5.57. The minimum absolute atomic E-state index is 0.341. The molecule has 1 N–H and O–H groups in total. The number of hydrogen-bond donors (Lipinski definition) is 1. The lowest BCUT2D eigenvalue weighted by atomic mass is 10.0. The number of unbranched alkanes of at least 4 members (excludes halogenated alkanes) is 6. The van der Waals surface area contributed by atoms with Gasteiger partial charge in [0.15, 0.2) is 0 Å². The molecule has 0 aromatic heterocycles. The van der Waals surface area contributed by atoms with Gasteiger partial charge in [-0.15, -0.1) is 0 Å². The lowest BCUT2D eigenvalue weighted by Gasteiger charge is -2.11. The molecule has 0 saturated carbocycles. The molecular weight excluding hydrogens is 263 g/mol. The first kappa shape index (κ1) is 16.5. The first-order valence-corrected chi connectivity index (χ1v) is 7.65. The van der Waals surface area contributed by atoms with E-state index in [0.717, 1.165) is 12.8 Å². The molecule has 0 heterocycles. The highest BCUT2D eigenvalue weighted by Gasteiger charge is 2.09. The Morgan fingerprint density at radius 2 is 1.68 bits per heavy atom. The van der Waals surface area contributed by atoms with Crippen molar-refractivity contribution in [2.24, 2.45) is 0 Å². The molecule has 0 spiro atoms. The normalized spacial score (nSPS) is 12.6. The van der Waals surface area contributed by atoms with Gasteiger partial charge in [0.2, 0.25) is 0 Å². The van der Waals surface area contributed by atoms with Gasteiger partial charge in [0.1, 0.15) is 5.82 Å². The molecule has 0 saturated heterocycles. The Bertz CT molecular complexity index is 348. The van der Waals surface area contributed by atoms with Gasteiger partial charge in [0.25, 0.3) is 0 Å². The number of hydrogen-bond acceptors (Lipinski definition) is 1. The van der Waals surface area contributed by atoms with Crippen LogP contribution in [0.3, 0.4) is 0 Å². The van der Waals surface area contributed by atoms with Gasteiger partial charge in [-0.1, -0.05) is 63.5 Å². The summed E-state index contributed by atoms with van der Waals surface area (Å²) in [6.07, 6.45) is 8.54. The van der Waals surface area contributed by atoms with Crippen molar-refractivity contribution in [1.29, 1.82) is 0 Å². The fourth-order valence-corrected chi connectivity index (χ4v) is 2.46. The van der Waals surface area contributed by atoms with Crippen LogP contribution in [0.5, 0.6) is 0 Å². The summed E-state index contributed by atoms with van der Waals surface area (Å²) in [5.74, 6) is -0.388. The molecule has 1 nitrogen and oxygen atoms in total. The van der Waals surface area contributed by atoms with Gasteiger partial charge >= 0.3 is 0 Å². The molecule has 1 rings (SSSR count). The fourth-order valence-electron chi connectivity index (χ4n) is 2.23. The number of aliphatic hydroxyl groups excluding tert-OH is 1. The van der Waals surface area contributed by atoms with Gasteiger partial charge < -0.3 is 5.11 Å². The maximum Gasteiger partial charge on any atom is 0.125 e. The highest BCUT2D eigenvalue weighted by atomic mass is 35.5. The molecule has 1 aromatic rings. The molecule has 3 heteroatoms. The zero-order chi connectivity index (χ0) is 14.1. The van der Waals surface area contributed by atoms with Crippen LogP contribution in [0.25, 0.3) is 0 Å². The molecule has 0 aliphatic carbocycles. The van der Waals surface area contributed by atoms with E-state index in [1.54, 1.807) is 6.07 Å². The highest BCUT2D eigenvalue weighted by molar-refractivity contribution is 6.30. The zero-order valence-corrected chi connectivity index (χ0v) is 12.4. The van der Waals surface area contributed by atoms with E-state index in [1.807, 2.05) is 0 Å². The average Bonchev–Trinajstić information content (AvgIpc) is 2.36. The van der Waals surface area contributed by atoms with E-state index < -0.39 is 6.10 Å². The Labute approximate surface area is 120 Å². The number of halogens is 2. The second kappa shape index (κ2) is 9.33. The smallest absolute Gasteiger partial charge is 0.125 e. The molecule has 0 bridgehead atoms. The maximum absolute atomic E-state index is 13.2. The molecular formula is C16H24ClFO. The lowest BCUT2D eigenvalue weighted by molar-refractivity contribution is 0.163. The minimum atomic E-state index is -0.608. The maximum atomic E-state index is 13.2. The van der Waals surface area contributed by atoms with E-state index in [4.69, 9.17) is 11.6 Å². The van der Waals surface area contributed by atoms with Crippen LogP contribution in [0.1, 0.15) is 70.0 Å². The van der Waals surface area contributed by atoms with Gasteiger partial charge in [-0.25, -0.2) is 4.39 Å². The summed E-state index contributed by atoms with van der Waals surface area (Å²) in [6, 6.07) is 4.25. The van der Waals surface area contributed by atoms with Crippen LogP contribution in [0.4, 0.5) is 4.39 Å². The molecule has 0 amide bonds. The van der Waals surface area contributed by atoms with E-state index in [2.05, 4.69) is 6.92 Å². The first-order chi connectivity index (χ1) is 9.13. The Kier molecular flexibility index (Phi) is 8.08. The van der Waals surface area contributed by atoms with Crippen LogP contribution < -0.4 is 0 Å². The van der Waals surface area contributed by atoms with Crippen molar-refractivity contribution < 1.29 is 9.50 Å². The minimum Gasteiger partial charge on any atom is -0.388 e. The van der Waals surface area contributed by atoms with Gasteiger partial charge in [0, 0.05) is 5.02 Å². The molecule has 19 heavy (non-hydrogen) atoms.